The minimum atomic E-state index is 0.162. The Hall–Kier alpha value is -1.49. The van der Waals surface area contributed by atoms with Crippen molar-refractivity contribution in [3.63, 3.8) is 0 Å². The Morgan fingerprint density at radius 1 is 1.29 bits per heavy atom. The molecule has 0 bridgehead atoms. The number of benzene rings is 1. The summed E-state index contributed by atoms with van der Waals surface area (Å²) in [6.45, 7) is 4.01. The number of aromatic nitrogens is 3. The van der Waals surface area contributed by atoms with E-state index in [4.69, 9.17) is 0 Å². The summed E-state index contributed by atoms with van der Waals surface area (Å²) in [5, 5.41) is 7.90. The van der Waals surface area contributed by atoms with Crippen LogP contribution in [0.25, 0.3) is 11.3 Å². The van der Waals surface area contributed by atoms with Gasteiger partial charge in [-0.15, -0.1) is 5.10 Å². The van der Waals surface area contributed by atoms with E-state index in [-0.39, 0.29) is 6.04 Å². The fourth-order valence-corrected chi connectivity index (χ4v) is 1.90. The topological polar surface area (TPSA) is 47.8 Å². The van der Waals surface area contributed by atoms with Gasteiger partial charge in [0.15, 0.2) is 12.0 Å². The molecule has 0 N–H and O–H groups in total. The van der Waals surface area contributed by atoms with E-state index in [0.29, 0.717) is 5.69 Å². The van der Waals surface area contributed by atoms with Crippen molar-refractivity contribution in [3.8, 4) is 11.3 Å². The van der Waals surface area contributed by atoms with Gasteiger partial charge in [0, 0.05) is 16.1 Å². The third-order valence-electron chi connectivity index (χ3n) is 2.44. The Kier molecular flexibility index (Phi) is 3.38. The van der Waals surface area contributed by atoms with E-state index in [1.54, 1.807) is 4.68 Å². The summed E-state index contributed by atoms with van der Waals surface area (Å²) in [7, 11) is 0. The number of carbonyl (C=O) groups excluding carboxylic acids is 1. The average molecular weight is 294 g/mol. The molecule has 1 aromatic carbocycles. The van der Waals surface area contributed by atoms with Crippen molar-refractivity contribution in [2.45, 2.75) is 19.9 Å². The van der Waals surface area contributed by atoms with Crippen molar-refractivity contribution in [2.24, 2.45) is 0 Å². The van der Waals surface area contributed by atoms with E-state index >= 15 is 0 Å². The Labute approximate surface area is 108 Å². The molecule has 17 heavy (non-hydrogen) atoms. The molecular weight excluding hydrogens is 282 g/mol. The van der Waals surface area contributed by atoms with Crippen molar-refractivity contribution in [3.05, 3.63) is 34.4 Å². The maximum absolute atomic E-state index is 11.0. The first-order valence-corrected chi connectivity index (χ1v) is 6.09. The van der Waals surface area contributed by atoms with Crippen LogP contribution in [-0.2, 0) is 0 Å². The summed E-state index contributed by atoms with van der Waals surface area (Å²) in [5.74, 6) is 0. The molecule has 0 saturated carbocycles. The maximum Gasteiger partial charge on any atom is 0.172 e. The smallest absolute Gasteiger partial charge is 0.172 e. The van der Waals surface area contributed by atoms with Gasteiger partial charge in [-0.05, 0) is 26.0 Å². The summed E-state index contributed by atoms with van der Waals surface area (Å²) in [6.07, 6.45) is 0.739. The van der Waals surface area contributed by atoms with Crippen molar-refractivity contribution < 1.29 is 4.79 Å². The molecule has 0 radical (unpaired) electrons. The second-order valence-corrected chi connectivity index (χ2v) is 4.90. The molecule has 0 aliphatic heterocycles. The van der Waals surface area contributed by atoms with Gasteiger partial charge in [0.25, 0.3) is 0 Å². The number of rotatable bonds is 3. The van der Waals surface area contributed by atoms with E-state index < -0.39 is 0 Å². The first-order valence-electron chi connectivity index (χ1n) is 5.29. The molecule has 0 amide bonds. The summed E-state index contributed by atoms with van der Waals surface area (Å²) in [4.78, 5) is 11.0. The van der Waals surface area contributed by atoms with Crippen LogP contribution in [0.15, 0.2) is 28.7 Å². The van der Waals surface area contributed by atoms with Crippen LogP contribution in [0.1, 0.15) is 30.4 Å². The largest absolute Gasteiger partial charge is 0.296 e. The molecule has 0 saturated heterocycles. The van der Waals surface area contributed by atoms with E-state index in [2.05, 4.69) is 26.2 Å². The number of halogens is 1. The number of carbonyl (C=O) groups is 1. The van der Waals surface area contributed by atoms with Gasteiger partial charge in [0.2, 0.25) is 0 Å². The normalized spacial score (nSPS) is 10.8. The van der Waals surface area contributed by atoms with Gasteiger partial charge in [0.1, 0.15) is 0 Å². The molecule has 5 heteroatoms. The lowest BCUT2D eigenvalue weighted by molar-refractivity contribution is 0.111. The molecule has 4 nitrogen and oxygen atoms in total. The number of aldehydes is 1. The first kappa shape index (κ1) is 12.0. The number of hydrogen-bond acceptors (Lipinski definition) is 3. The third-order valence-corrected chi connectivity index (χ3v) is 2.97. The van der Waals surface area contributed by atoms with Crippen LogP contribution in [-0.4, -0.2) is 21.3 Å². The zero-order valence-electron chi connectivity index (χ0n) is 9.59. The first-order chi connectivity index (χ1) is 8.13. The van der Waals surface area contributed by atoms with Gasteiger partial charge in [-0.3, -0.25) is 4.79 Å². The van der Waals surface area contributed by atoms with Gasteiger partial charge in [0.05, 0.1) is 5.69 Å². The van der Waals surface area contributed by atoms with Crippen LogP contribution in [0.2, 0.25) is 0 Å². The standard InChI is InChI=1S/C12H12BrN3O/c1-8(2)16-12(11(7-17)14-15-16)9-3-5-10(13)6-4-9/h3-8H,1-2H3. The average Bonchev–Trinajstić information content (AvgIpc) is 2.73. The molecule has 0 atom stereocenters. The van der Waals surface area contributed by atoms with Gasteiger partial charge >= 0.3 is 0 Å². The lowest BCUT2D eigenvalue weighted by atomic mass is 10.1. The van der Waals surface area contributed by atoms with Crippen LogP contribution in [0.4, 0.5) is 0 Å². The SMILES string of the molecule is CC(C)n1nnc(C=O)c1-c1ccc(Br)cc1. The van der Waals surface area contributed by atoms with Gasteiger partial charge in [-0.2, -0.15) is 0 Å². The minimum Gasteiger partial charge on any atom is -0.296 e. The Balaban J connectivity index is 2.59. The lowest BCUT2D eigenvalue weighted by Crippen LogP contribution is -2.05. The quantitative estimate of drug-likeness (QED) is 0.817. The second-order valence-electron chi connectivity index (χ2n) is 3.99. The highest BCUT2D eigenvalue weighted by Crippen LogP contribution is 2.25. The van der Waals surface area contributed by atoms with E-state index in [1.165, 1.54) is 0 Å². The predicted molar refractivity (Wildman–Crippen MR) is 68.9 cm³/mol. The van der Waals surface area contributed by atoms with E-state index in [0.717, 1.165) is 22.0 Å². The molecule has 1 aromatic heterocycles. The van der Waals surface area contributed by atoms with Gasteiger partial charge < -0.3 is 0 Å². The molecular formula is C12H12BrN3O. The summed E-state index contributed by atoms with van der Waals surface area (Å²) in [6, 6.07) is 7.90. The van der Waals surface area contributed by atoms with Crippen molar-refractivity contribution >= 4 is 22.2 Å². The van der Waals surface area contributed by atoms with Crippen molar-refractivity contribution in [2.75, 3.05) is 0 Å². The maximum atomic E-state index is 11.0. The van der Waals surface area contributed by atoms with Crippen molar-refractivity contribution in [1.82, 2.24) is 15.0 Å². The van der Waals surface area contributed by atoms with Crippen LogP contribution in [0, 0.1) is 0 Å². The van der Waals surface area contributed by atoms with Crippen molar-refractivity contribution in [1.29, 1.82) is 0 Å². The fourth-order valence-electron chi connectivity index (χ4n) is 1.63. The monoisotopic (exact) mass is 293 g/mol. The zero-order valence-corrected chi connectivity index (χ0v) is 11.2. The number of nitrogens with zero attached hydrogens (tertiary/aromatic N) is 3. The molecule has 2 rings (SSSR count). The zero-order chi connectivity index (χ0) is 12.4. The van der Waals surface area contributed by atoms with E-state index in [9.17, 15) is 4.79 Å². The highest BCUT2D eigenvalue weighted by atomic mass is 79.9. The highest BCUT2D eigenvalue weighted by Gasteiger charge is 2.15. The Morgan fingerprint density at radius 3 is 2.47 bits per heavy atom. The van der Waals surface area contributed by atoms with Crippen LogP contribution >= 0.6 is 15.9 Å². The molecule has 0 aliphatic rings. The summed E-state index contributed by atoms with van der Waals surface area (Å²) < 4.78 is 2.75. The number of hydrogen-bond donors (Lipinski definition) is 0. The highest BCUT2D eigenvalue weighted by molar-refractivity contribution is 9.10. The van der Waals surface area contributed by atoms with Crippen LogP contribution in [0.3, 0.4) is 0 Å². The van der Waals surface area contributed by atoms with Gasteiger partial charge in [-0.25, -0.2) is 4.68 Å². The molecule has 88 valence electrons. The predicted octanol–water partition coefficient (Wildman–Crippen LogP) is 3.10. The molecule has 0 aliphatic carbocycles. The van der Waals surface area contributed by atoms with Gasteiger partial charge in [-0.1, -0.05) is 33.3 Å². The molecule has 2 aromatic rings. The van der Waals surface area contributed by atoms with E-state index in [1.807, 2.05) is 38.1 Å². The summed E-state index contributed by atoms with van der Waals surface area (Å²) >= 11 is 3.38. The Bertz CT molecular complexity index is 531. The molecule has 1 heterocycles. The second kappa shape index (κ2) is 4.79. The van der Waals surface area contributed by atoms with Crippen LogP contribution < -0.4 is 0 Å². The summed E-state index contributed by atoms with van der Waals surface area (Å²) in [5.41, 5.74) is 2.08. The third kappa shape index (κ3) is 2.29. The molecule has 0 fully saturated rings. The molecule has 0 spiro atoms. The lowest BCUT2D eigenvalue weighted by Gasteiger charge is -2.10. The Morgan fingerprint density at radius 2 is 1.94 bits per heavy atom. The molecule has 0 unspecified atom stereocenters. The minimum absolute atomic E-state index is 0.162. The fraction of sp³-hybridized carbons (Fsp3) is 0.250. The van der Waals surface area contributed by atoms with Crippen LogP contribution in [0.5, 0.6) is 0 Å².